The molecule has 0 aliphatic rings. The Morgan fingerprint density at radius 2 is 1.92 bits per heavy atom. The number of benzene rings is 1. The molecule has 0 fully saturated rings. The fourth-order valence-electron chi connectivity index (χ4n) is 0.933. The quantitative estimate of drug-likeness (QED) is 0.697. The Bertz CT molecular complexity index is 292. The van der Waals surface area contributed by atoms with Gasteiger partial charge >= 0.3 is 0 Å². The van der Waals surface area contributed by atoms with Gasteiger partial charge in [-0.15, -0.1) is 0 Å². The maximum Gasteiger partial charge on any atom is 0.128 e. The molecule has 0 aliphatic heterocycles. The Morgan fingerprint density at radius 3 is 2.42 bits per heavy atom. The summed E-state index contributed by atoms with van der Waals surface area (Å²) in [7, 11) is -0.0967. The number of rotatable bonds is 2. The minimum atomic E-state index is -0.0967. The van der Waals surface area contributed by atoms with Crippen LogP contribution in [-0.4, -0.2) is 16.2 Å². The topological polar surface area (TPSA) is 20.2 Å². The van der Waals surface area contributed by atoms with Crippen molar-refractivity contribution in [3.05, 3.63) is 24.3 Å². The fourth-order valence-corrected chi connectivity index (χ4v) is 2.03. The number of hydrogen-bond acceptors (Lipinski definition) is 1. The number of para-hydroxylation sites is 1. The molecule has 2 heteroatoms. The van der Waals surface area contributed by atoms with E-state index < -0.39 is 0 Å². The van der Waals surface area contributed by atoms with Crippen LogP contribution in [0.2, 0.25) is 0 Å². The zero-order valence-corrected chi connectivity index (χ0v) is 8.27. The molecule has 0 saturated heterocycles. The van der Waals surface area contributed by atoms with E-state index in [2.05, 4.69) is 19.7 Å². The Morgan fingerprint density at radius 1 is 1.33 bits per heavy atom. The summed E-state index contributed by atoms with van der Waals surface area (Å²) in [5.41, 5.74) is 0. The molecule has 0 amide bonds. The molecular weight excluding hydrogens is 168 g/mol. The third-order valence-electron chi connectivity index (χ3n) is 1.72. The van der Waals surface area contributed by atoms with Crippen LogP contribution in [0, 0.1) is 0 Å². The second kappa shape index (κ2) is 3.76. The smallest absolute Gasteiger partial charge is 0.128 e. The van der Waals surface area contributed by atoms with Crippen LogP contribution in [0.1, 0.15) is 13.8 Å². The van der Waals surface area contributed by atoms with E-state index in [-0.39, 0.29) is 10.5 Å². The highest BCUT2D eigenvalue weighted by atomic mass is 32.2. The largest absolute Gasteiger partial charge is 0.507 e. The van der Waals surface area contributed by atoms with E-state index in [4.69, 9.17) is 0 Å². The third-order valence-corrected chi connectivity index (χ3v) is 3.76. The second-order valence-electron chi connectivity index (χ2n) is 2.95. The van der Waals surface area contributed by atoms with E-state index >= 15 is 0 Å². The highest BCUT2D eigenvalue weighted by Crippen LogP contribution is 2.35. The van der Waals surface area contributed by atoms with E-state index in [9.17, 15) is 5.11 Å². The first kappa shape index (κ1) is 9.33. The molecule has 1 N–H and O–H groups in total. The van der Waals surface area contributed by atoms with Crippen LogP contribution in [0.5, 0.6) is 5.75 Å². The van der Waals surface area contributed by atoms with Crippen LogP contribution in [0.3, 0.4) is 0 Å². The monoisotopic (exact) mass is 182 g/mol. The van der Waals surface area contributed by atoms with E-state index in [0.717, 1.165) is 4.90 Å². The summed E-state index contributed by atoms with van der Waals surface area (Å²) in [5.74, 6) is 4.40. The standard InChI is InChI=1S/C10H14OS/c1-8(2)12(3)10-7-5-4-6-9(10)11/h4-8,11H,3H2,1-2H3. The molecule has 1 rings (SSSR count). The number of aromatic hydroxyl groups is 1. The SMILES string of the molecule is C=S(c1ccccc1O)C(C)C. The molecule has 0 saturated carbocycles. The van der Waals surface area contributed by atoms with Gasteiger partial charge in [-0.3, -0.25) is 0 Å². The minimum absolute atomic E-state index is 0.0967. The van der Waals surface area contributed by atoms with Crippen molar-refractivity contribution < 1.29 is 5.11 Å². The number of hydrogen-bond donors (Lipinski definition) is 1. The first-order chi connectivity index (χ1) is 5.63. The lowest BCUT2D eigenvalue weighted by atomic mass is 10.3. The van der Waals surface area contributed by atoms with Gasteiger partial charge in [-0.05, 0) is 17.4 Å². The molecule has 0 spiro atoms. The van der Waals surface area contributed by atoms with Crippen molar-refractivity contribution in [1.82, 2.24) is 0 Å². The van der Waals surface area contributed by atoms with Gasteiger partial charge in [0.15, 0.2) is 0 Å². The normalized spacial score (nSPS) is 13.2. The number of phenolic OH excluding ortho intramolecular Hbond substituents is 1. The van der Waals surface area contributed by atoms with Crippen molar-refractivity contribution in [2.24, 2.45) is 0 Å². The van der Waals surface area contributed by atoms with Crippen LogP contribution in [-0.2, 0) is 0 Å². The summed E-state index contributed by atoms with van der Waals surface area (Å²) in [6.07, 6.45) is 0. The van der Waals surface area contributed by atoms with E-state index in [0.29, 0.717) is 11.0 Å². The van der Waals surface area contributed by atoms with Crippen molar-refractivity contribution in [2.45, 2.75) is 24.0 Å². The highest BCUT2D eigenvalue weighted by molar-refractivity contribution is 8.14. The third kappa shape index (κ3) is 1.89. The fraction of sp³-hybridized carbons (Fsp3) is 0.300. The maximum atomic E-state index is 9.50. The van der Waals surface area contributed by atoms with E-state index in [1.165, 1.54) is 0 Å². The molecule has 1 nitrogen and oxygen atoms in total. The van der Waals surface area contributed by atoms with E-state index in [1.807, 2.05) is 18.2 Å². The van der Waals surface area contributed by atoms with Crippen molar-refractivity contribution in [3.63, 3.8) is 0 Å². The van der Waals surface area contributed by atoms with Gasteiger partial charge in [0.05, 0.1) is 0 Å². The second-order valence-corrected chi connectivity index (χ2v) is 5.19. The van der Waals surface area contributed by atoms with Crippen LogP contribution < -0.4 is 0 Å². The lowest BCUT2D eigenvalue weighted by molar-refractivity contribution is 0.462. The zero-order valence-electron chi connectivity index (χ0n) is 7.45. The summed E-state index contributed by atoms with van der Waals surface area (Å²) in [6.45, 7) is 4.23. The Balaban J connectivity index is 3.03. The highest BCUT2D eigenvalue weighted by Gasteiger charge is 2.05. The predicted octanol–water partition coefficient (Wildman–Crippen LogP) is 2.86. The van der Waals surface area contributed by atoms with Crippen LogP contribution in [0.4, 0.5) is 0 Å². The lowest BCUT2D eigenvalue weighted by Crippen LogP contribution is -1.90. The van der Waals surface area contributed by atoms with Gasteiger partial charge in [-0.1, -0.05) is 31.9 Å². The van der Waals surface area contributed by atoms with Gasteiger partial charge < -0.3 is 5.11 Å². The molecule has 0 radical (unpaired) electrons. The average Bonchev–Trinajstić information content (AvgIpc) is 2.04. The Hall–Kier alpha value is -0.760. The van der Waals surface area contributed by atoms with Crippen molar-refractivity contribution in [3.8, 4) is 5.75 Å². The van der Waals surface area contributed by atoms with Gasteiger partial charge in [0.25, 0.3) is 0 Å². The summed E-state index contributed by atoms with van der Waals surface area (Å²) in [6, 6.07) is 7.41. The van der Waals surface area contributed by atoms with Crippen molar-refractivity contribution in [2.75, 3.05) is 0 Å². The van der Waals surface area contributed by atoms with Gasteiger partial charge in [0.2, 0.25) is 0 Å². The summed E-state index contributed by atoms with van der Waals surface area (Å²) >= 11 is 0. The molecule has 0 aliphatic carbocycles. The van der Waals surface area contributed by atoms with Gasteiger partial charge in [0.1, 0.15) is 5.75 Å². The Labute approximate surface area is 76.0 Å². The summed E-state index contributed by atoms with van der Waals surface area (Å²) < 4.78 is 0. The zero-order chi connectivity index (χ0) is 9.14. The molecule has 12 heavy (non-hydrogen) atoms. The first-order valence-corrected chi connectivity index (χ1v) is 5.39. The average molecular weight is 182 g/mol. The maximum absolute atomic E-state index is 9.50. The lowest BCUT2D eigenvalue weighted by Gasteiger charge is -2.12. The van der Waals surface area contributed by atoms with Crippen molar-refractivity contribution in [1.29, 1.82) is 0 Å². The van der Waals surface area contributed by atoms with Gasteiger partial charge in [0, 0.05) is 4.90 Å². The Kier molecular flexibility index (Phi) is 2.93. The molecule has 66 valence electrons. The van der Waals surface area contributed by atoms with Gasteiger partial charge in [-0.2, -0.15) is 10.5 Å². The minimum Gasteiger partial charge on any atom is -0.507 e. The molecule has 1 aromatic rings. The summed E-state index contributed by atoms with van der Waals surface area (Å²) in [4.78, 5) is 0.965. The van der Waals surface area contributed by atoms with Gasteiger partial charge in [-0.25, -0.2) is 0 Å². The molecule has 1 unspecified atom stereocenters. The molecule has 1 atom stereocenters. The number of phenols is 1. The van der Waals surface area contributed by atoms with Crippen LogP contribution >= 0.6 is 10.5 Å². The molecule has 0 bridgehead atoms. The van der Waals surface area contributed by atoms with Crippen molar-refractivity contribution >= 4 is 16.4 Å². The predicted molar refractivity (Wildman–Crippen MR) is 56.2 cm³/mol. The molecule has 1 aromatic carbocycles. The molecule has 0 heterocycles. The molecular formula is C10H14OS. The van der Waals surface area contributed by atoms with E-state index in [1.54, 1.807) is 6.07 Å². The molecule has 0 aromatic heterocycles. The van der Waals surface area contributed by atoms with Crippen LogP contribution in [0.25, 0.3) is 0 Å². The first-order valence-electron chi connectivity index (χ1n) is 3.93. The summed E-state index contributed by atoms with van der Waals surface area (Å²) in [5, 5.41) is 9.98. The van der Waals surface area contributed by atoms with Crippen LogP contribution in [0.15, 0.2) is 29.2 Å².